The van der Waals surface area contributed by atoms with Gasteiger partial charge < -0.3 is 19.1 Å². The fourth-order valence-corrected chi connectivity index (χ4v) is 4.15. The number of ether oxygens (including phenoxy) is 3. The number of benzene rings is 1. The molecule has 1 aromatic carbocycles. The number of rotatable bonds is 7. The first-order valence-corrected chi connectivity index (χ1v) is 9.23. The van der Waals surface area contributed by atoms with Crippen molar-refractivity contribution in [3.8, 4) is 0 Å². The van der Waals surface area contributed by atoms with E-state index in [-0.39, 0.29) is 0 Å². The summed E-state index contributed by atoms with van der Waals surface area (Å²) >= 11 is 0. The molecule has 2 heterocycles. The molecule has 0 N–H and O–H groups in total. The zero-order chi connectivity index (χ0) is 16.7. The molecule has 2 aliphatic rings. The van der Waals surface area contributed by atoms with Gasteiger partial charge in [0.05, 0.1) is 26.4 Å². The van der Waals surface area contributed by atoms with Gasteiger partial charge in [0, 0.05) is 26.2 Å². The van der Waals surface area contributed by atoms with Crippen LogP contribution in [0.4, 0.5) is 0 Å². The van der Waals surface area contributed by atoms with Crippen molar-refractivity contribution in [2.45, 2.75) is 25.9 Å². The first-order valence-electron chi connectivity index (χ1n) is 9.23. The monoisotopic (exact) mass is 333 g/mol. The molecule has 0 aliphatic carbocycles. The third kappa shape index (κ3) is 4.57. The van der Waals surface area contributed by atoms with Gasteiger partial charge in [0.1, 0.15) is 0 Å². The minimum atomic E-state index is 0.440. The maximum atomic E-state index is 5.84. The lowest BCUT2D eigenvalue weighted by Crippen LogP contribution is -2.49. The smallest absolute Gasteiger partial charge is 0.0717 e. The molecule has 3 rings (SSSR count). The van der Waals surface area contributed by atoms with Crippen molar-refractivity contribution < 1.29 is 14.2 Å². The van der Waals surface area contributed by atoms with Crippen molar-refractivity contribution in [3.05, 3.63) is 35.9 Å². The van der Waals surface area contributed by atoms with Crippen molar-refractivity contribution >= 4 is 0 Å². The second-order valence-electron chi connectivity index (χ2n) is 7.22. The number of likely N-dealkylation sites (tertiary alicyclic amines) is 1. The molecule has 1 aromatic rings. The summed E-state index contributed by atoms with van der Waals surface area (Å²) in [7, 11) is 1.81. The Balaban J connectivity index is 1.38. The molecule has 2 aliphatic heterocycles. The summed E-state index contributed by atoms with van der Waals surface area (Å²) in [5, 5.41) is 0. The Morgan fingerprint density at radius 1 is 1.17 bits per heavy atom. The normalized spacial score (nSPS) is 24.3. The fraction of sp³-hybridized carbons (Fsp3) is 0.700. The average Bonchev–Trinajstić information content (AvgIpc) is 2.63. The highest BCUT2D eigenvalue weighted by Crippen LogP contribution is 2.44. The van der Waals surface area contributed by atoms with Gasteiger partial charge in [-0.1, -0.05) is 30.3 Å². The van der Waals surface area contributed by atoms with Crippen LogP contribution >= 0.6 is 0 Å². The van der Waals surface area contributed by atoms with Crippen molar-refractivity contribution in [1.82, 2.24) is 4.90 Å². The van der Waals surface area contributed by atoms with Crippen LogP contribution in [-0.2, 0) is 20.8 Å². The molecule has 1 atom stereocenters. The van der Waals surface area contributed by atoms with E-state index < -0.39 is 0 Å². The Labute approximate surface area is 146 Å². The van der Waals surface area contributed by atoms with E-state index in [1.54, 1.807) is 0 Å². The van der Waals surface area contributed by atoms with E-state index in [1.807, 2.05) is 13.2 Å². The van der Waals surface area contributed by atoms with Gasteiger partial charge in [0.25, 0.3) is 0 Å². The third-order valence-electron chi connectivity index (χ3n) is 5.81. The summed E-state index contributed by atoms with van der Waals surface area (Å²) in [6.45, 7) is 7.53. The van der Waals surface area contributed by atoms with Crippen LogP contribution < -0.4 is 0 Å². The van der Waals surface area contributed by atoms with E-state index in [0.717, 1.165) is 33.0 Å². The molecule has 0 unspecified atom stereocenters. The number of nitrogens with zero attached hydrogens (tertiary/aromatic N) is 1. The lowest BCUT2D eigenvalue weighted by Gasteiger charge is -2.49. The molecule has 4 heteroatoms. The number of hydrogen-bond acceptors (Lipinski definition) is 4. The van der Waals surface area contributed by atoms with Crippen LogP contribution in [0.5, 0.6) is 0 Å². The molecule has 0 bridgehead atoms. The van der Waals surface area contributed by atoms with Crippen LogP contribution in [0, 0.1) is 11.3 Å². The van der Waals surface area contributed by atoms with E-state index in [9.17, 15) is 0 Å². The minimum absolute atomic E-state index is 0.440. The van der Waals surface area contributed by atoms with Crippen LogP contribution in [0.15, 0.2) is 30.3 Å². The Kier molecular flexibility index (Phi) is 6.67. The molecule has 0 saturated carbocycles. The lowest BCUT2D eigenvalue weighted by molar-refractivity contribution is -0.0957. The third-order valence-corrected chi connectivity index (χ3v) is 5.81. The van der Waals surface area contributed by atoms with Gasteiger partial charge >= 0.3 is 0 Å². The van der Waals surface area contributed by atoms with Crippen LogP contribution in [0.1, 0.15) is 24.8 Å². The van der Waals surface area contributed by atoms with Crippen molar-refractivity contribution in [3.63, 3.8) is 0 Å². The summed E-state index contributed by atoms with van der Waals surface area (Å²) < 4.78 is 17.0. The van der Waals surface area contributed by atoms with Crippen molar-refractivity contribution in [2.75, 3.05) is 53.2 Å². The topological polar surface area (TPSA) is 30.9 Å². The van der Waals surface area contributed by atoms with Gasteiger partial charge in [-0.15, -0.1) is 0 Å². The quantitative estimate of drug-likeness (QED) is 0.718. The summed E-state index contributed by atoms with van der Waals surface area (Å²) in [4.78, 5) is 2.55. The zero-order valence-corrected chi connectivity index (χ0v) is 14.9. The predicted octanol–water partition coefficient (Wildman–Crippen LogP) is 2.97. The Morgan fingerprint density at radius 2 is 1.96 bits per heavy atom. The molecule has 1 spiro atoms. The van der Waals surface area contributed by atoms with E-state index in [2.05, 4.69) is 29.2 Å². The first-order chi connectivity index (χ1) is 11.8. The average molecular weight is 333 g/mol. The molecule has 0 radical (unpaired) electrons. The van der Waals surface area contributed by atoms with Gasteiger partial charge in [-0.3, -0.25) is 0 Å². The second-order valence-corrected chi connectivity index (χ2v) is 7.22. The number of piperidine rings is 1. The molecule has 134 valence electrons. The molecule has 24 heavy (non-hydrogen) atoms. The highest BCUT2D eigenvalue weighted by Gasteiger charge is 2.43. The van der Waals surface area contributed by atoms with Gasteiger partial charge in [-0.25, -0.2) is 0 Å². The van der Waals surface area contributed by atoms with E-state index in [4.69, 9.17) is 14.2 Å². The maximum Gasteiger partial charge on any atom is 0.0717 e. The second kappa shape index (κ2) is 8.95. The fourth-order valence-electron chi connectivity index (χ4n) is 4.15. The van der Waals surface area contributed by atoms with Crippen LogP contribution in [0.2, 0.25) is 0 Å². The maximum absolute atomic E-state index is 5.84. The van der Waals surface area contributed by atoms with E-state index in [0.29, 0.717) is 17.9 Å². The Morgan fingerprint density at radius 3 is 2.71 bits per heavy atom. The summed E-state index contributed by atoms with van der Waals surface area (Å²) in [5.41, 5.74) is 1.69. The lowest BCUT2D eigenvalue weighted by atomic mass is 9.66. The largest absolute Gasteiger partial charge is 0.384 e. The van der Waals surface area contributed by atoms with Gasteiger partial charge in [0.2, 0.25) is 0 Å². The van der Waals surface area contributed by atoms with Crippen LogP contribution in [0.25, 0.3) is 0 Å². The van der Waals surface area contributed by atoms with E-state index >= 15 is 0 Å². The van der Waals surface area contributed by atoms with Crippen molar-refractivity contribution in [1.29, 1.82) is 0 Å². The van der Waals surface area contributed by atoms with Gasteiger partial charge in [-0.2, -0.15) is 0 Å². The molecule has 2 saturated heterocycles. The predicted molar refractivity (Wildman–Crippen MR) is 95.0 cm³/mol. The summed E-state index contributed by atoms with van der Waals surface area (Å²) in [6.07, 6.45) is 3.73. The molecule has 2 fully saturated rings. The molecular formula is C20H31NO3. The minimum Gasteiger partial charge on any atom is -0.384 e. The first kappa shape index (κ1) is 17.9. The number of methoxy groups -OCH3 is 1. The number of hydrogen-bond donors (Lipinski definition) is 0. The Hall–Kier alpha value is -0.940. The highest BCUT2D eigenvalue weighted by molar-refractivity contribution is 5.13. The molecule has 0 amide bonds. The standard InChI is InChI=1S/C20H31NO3/c1-22-16-19-17-23-13-9-20(19)7-10-21(11-8-20)12-14-24-15-18-5-3-2-4-6-18/h2-6,19H,7-17H2,1H3/t19-/m1/s1. The Bertz CT molecular complexity index is 469. The molecule has 4 nitrogen and oxygen atoms in total. The van der Waals surface area contributed by atoms with Crippen LogP contribution in [-0.4, -0.2) is 58.1 Å². The highest BCUT2D eigenvalue weighted by atomic mass is 16.5. The summed E-state index contributed by atoms with van der Waals surface area (Å²) in [6, 6.07) is 10.4. The van der Waals surface area contributed by atoms with Gasteiger partial charge in [0.15, 0.2) is 0 Å². The van der Waals surface area contributed by atoms with E-state index in [1.165, 1.54) is 37.9 Å². The SMILES string of the molecule is COC[C@@H]1COCCC12CCN(CCOCc1ccccc1)CC2. The summed E-state index contributed by atoms with van der Waals surface area (Å²) in [5.74, 6) is 0.563. The molecule has 0 aromatic heterocycles. The van der Waals surface area contributed by atoms with Gasteiger partial charge in [-0.05, 0) is 43.3 Å². The van der Waals surface area contributed by atoms with Crippen LogP contribution in [0.3, 0.4) is 0 Å². The zero-order valence-electron chi connectivity index (χ0n) is 14.9. The van der Waals surface area contributed by atoms with Crippen molar-refractivity contribution in [2.24, 2.45) is 11.3 Å². The molecular weight excluding hydrogens is 302 g/mol.